The molecule has 0 saturated carbocycles. The van der Waals surface area contributed by atoms with Gasteiger partial charge in [-0.05, 0) is 55.7 Å². The van der Waals surface area contributed by atoms with Crippen molar-refractivity contribution in [3.8, 4) is 11.4 Å². The van der Waals surface area contributed by atoms with E-state index < -0.39 is 10.0 Å². The fourth-order valence-corrected chi connectivity index (χ4v) is 6.83. The highest BCUT2D eigenvalue weighted by atomic mass is 32.2. The summed E-state index contributed by atoms with van der Waals surface area (Å²) in [6.07, 6.45) is 1.57. The maximum absolute atomic E-state index is 13.6. The zero-order chi connectivity index (χ0) is 26.9. The second-order valence-electron chi connectivity index (χ2n) is 9.81. The predicted octanol–water partition coefficient (Wildman–Crippen LogP) is 3.50. The summed E-state index contributed by atoms with van der Waals surface area (Å²) in [7, 11) is -3.75. The van der Waals surface area contributed by atoms with Crippen LogP contribution < -0.4 is 4.90 Å². The summed E-state index contributed by atoms with van der Waals surface area (Å²) >= 11 is 0. The largest absolute Gasteiger partial charge is 0.368 e. The number of carbonyl (C=O) groups excluding carboxylic acids is 1. The van der Waals surface area contributed by atoms with Crippen LogP contribution in [0.25, 0.3) is 11.4 Å². The van der Waals surface area contributed by atoms with Crippen LogP contribution >= 0.6 is 0 Å². The lowest BCUT2D eigenvalue weighted by atomic mass is 9.96. The normalized spacial score (nSPS) is 17.7. The van der Waals surface area contributed by atoms with Crippen molar-refractivity contribution in [2.45, 2.75) is 38.0 Å². The number of nitrogens with zero attached hydrogens (tertiary/aromatic N) is 5. The molecule has 3 aromatic rings. The van der Waals surface area contributed by atoms with Crippen molar-refractivity contribution in [3.05, 3.63) is 59.7 Å². The van der Waals surface area contributed by atoms with Gasteiger partial charge in [-0.3, -0.25) is 4.79 Å². The summed E-state index contributed by atoms with van der Waals surface area (Å²) in [5.74, 6) is 0.480. The van der Waals surface area contributed by atoms with Crippen molar-refractivity contribution < 1.29 is 22.1 Å². The molecule has 2 aliphatic heterocycles. The molecule has 0 unspecified atom stereocenters. The molecule has 0 radical (unpaired) electrons. The average Bonchev–Trinajstić information content (AvgIpc) is 3.43. The van der Waals surface area contributed by atoms with E-state index in [1.54, 1.807) is 37.3 Å². The minimum atomic E-state index is -3.75. The number of benzene rings is 2. The third kappa shape index (κ3) is 5.30. The fourth-order valence-electron chi connectivity index (χ4n) is 5.11. The predicted molar refractivity (Wildman–Crippen MR) is 141 cm³/mol. The molecular formula is C27H32FN5O4S. The number of piperazine rings is 1. The van der Waals surface area contributed by atoms with Crippen molar-refractivity contribution in [3.63, 3.8) is 0 Å². The van der Waals surface area contributed by atoms with Crippen molar-refractivity contribution in [2.24, 2.45) is 5.92 Å². The minimum absolute atomic E-state index is 0.0859. The van der Waals surface area contributed by atoms with Crippen molar-refractivity contribution in [1.29, 1.82) is 0 Å². The zero-order valence-corrected chi connectivity index (χ0v) is 22.5. The smallest absolute Gasteiger partial charge is 0.243 e. The van der Waals surface area contributed by atoms with Crippen LogP contribution in [-0.2, 0) is 21.2 Å². The Labute approximate surface area is 222 Å². The summed E-state index contributed by atoms with van der Waals surface area (Å²) in [5, 5.41) is 3.97. The van der Waals surface area contributed by atoms with Gasteiger partial charge in [-0.15, -0.1) is 0 Å². The average molecular weight is 542 g/mol. The van der Waals surface area contributed by atoms with Crippen LogP contribution in [0.4, 0.5) is 10.1 Å². The van der Waals surface area contributed by atoms with Crippen molar-refractivity contribution in [2.75, 3.05) is 44.2 Å². The Morgan fingerprint density at radius 1 is 1.03 bits per heavy atom. The number of amides is 1. The van der Waals surface area contributed by atoms with Crippen LogP contribution in [0.5, 0.6) is 0 Å². The van der Waals surface area contributed by atoms with Crippen LogP contribution in [0.2, 0.25) is 0 Å². The SMILES string of the molecule is CCc1nc(-c2ccc(C)c(S(=O)(=O)N3CCC(C(=O)N4CCN(c5ccc(F)cc5)CC4)CC3)c2)no1. The molecule has 1 amide bonds. The van der Waals surface area contributed by atoms with Crippen molar-refractivity contribution >= 4 is 21.6 Å². The lowest BCUT2D eigenvalue weighted by Gasteiger charge is -2.39. The van der Waals surface area contributed by atoms with Gasteiger partial charge in [0.15, 0.2) is 0 Å². The Bertz CT molecular complexity index is 1390. The molecular weight excluding hydrogens is 509 g/mol. The number of piperidine rings is 1. The molecule has 0 N–H and O–H groups in total. The molecule has 0 aliphatic carbocycles. The molecule has 0 bridgehead atoms. The minimum Gasteiger partial charge on any atom is -0.368 e. The molecule has 2 saturated heterocycles. The third-order valence-corrected chi connectivity index (χ3v) is 9.46. The summed E-state index contributed by atoms with van der Waals surface area (Å²) in [6.45, 7) is 6.81. The van der Waals surface area contributed by atoms with Gasteiger partial charge in [0.1, 0.15) is 5.82 Å². The van der Waals surface area contributed by atoms with E-state index in [1.165, 1.54) is 16.4 Å². The highest BCUT2D eigenvalue weighted by molar-refractivity contribution is 7.89. The van der Waals surface area contributed by atoms with Gasteiger partial charge in [-0.1, -0.05) is 24.2 Å². The highest BCUT2D eigenvalue weighted by Crippen LogP contribution is 2.30. The van der Waals surface area contributed by atoms with E-state index in [2.05, 4.69) is 15.0 Å². The summed E-state index contributed by atoms with van der Waals surface area (Å²) < 4.78 is 47.0. The van der Waals surface area contributed by atoms with Crippen LogP contribution in [0.15, 0.2) is 51.9 Å². The molecule has 202 valence electrons. The second kappa shape index (κ2) is 10.8. The lowest BCUT2D eigenvalue weighted by Crippen LogP contribution is -2.52. The van der Waals surface area contributed by atoms with Gasteiger partial charge in [0.2, 0.25) is 27.6 Å². The molecule has 5 rings (SSSR count). The Balaban J connectivity index is 1.20. The molecule has 2 aliphatic rings. The standard InChI is InChI=1S/C27H32FN5O4S/c1-3-25-29-26(30-37-25)21-5-4-19(2)24(18-21)38(35,36)33-12-10-20(11-13-33)27(34)32-16-14-31(15-17-32)23-8-6-22(28)7-9-23/h4-9,18,20H,3,10-17H2,1-2H3. The van der Waals surface area contributed by atoms with Gasteiger partial charge in [0, 0.05) is 62.9 Å². The van der Waals surface area contributed by atoms with E-state index in [0.717, 1.165) is 5.69 Å². The molecule has 0 atom stereocenters. The van der Waals surface area contributed by atoms with E-state index in [9.17, 15) is 17.6 Å². The van der Waals surface area contributed by atoms with Gasteiger partial charge >= 0.3 is 0 Å². The van der Waals surface area contributed by atoms with Crippen LogP contribution in [0.1, 0.15) is 31.2 Å². The van der Waals surface area contributed by atoms with Crippen LogP contribution in [0.3, 0.4) is 0 Å². The fraction of sp³-hybridized carbons (Fsp3) is 0.444. The summed E-state index contributed by atoms with van der Waals surface area (Å²) in [6, 6.07) is 11.5. The van der Waals surface area contributed by atoms with Gasteiger partial charge in [-0.25, -0.2) is 12.8 Å². The number of hydrogen-bond acceptors (Lipinski definition) is 7. The first-order valence-electron chi connectivity index (χ1n) is 13.0. The lowest BCUT2D eigenvalue weighted by molar-refractivity contribution is -0.137. The van der Waals surface area contributed by atoms with E-state index in [1.807, 2.05) is 11.8 Å². The van der Waals surface area contributed by atoms with Gasteiger partial charge in [0.25, 0.3) is 0 Å². The maximum Gasteiger partial charge on any atom is 0.243 e. The van der Waals surface area contributed by atoms with Gasteiger partial charge < -0.3 is 14.3 Å². The Morgan fingerprint density at radius 2 is 1.71 bits per heavy atom. The molecule has 2 fully saturated rings. The zero-order valence-electron chi connectivity index (χ0n) is 21.6. The second-order valence-corrected chi connectivity index (χ2v) is 11.7. The number of carbonyl (C=O) groups is 1. The first-order valence-corrected chi connectivity index (χ1v) is 14.4. The van der Waals surface area contributed by atoms with E-state index in [0.29, 0.717) is 81.4 Å². The number of rotatable bonds is 6. The molecule has 1 aromatic heterocycles. The maximum atomic E-state index is 13.6. The number of anilines is 1. The highest BCUT2D eigenvalue weighted by Gasteiger charge is 2.35. The Kier molecular flexibility index (Phi) is 7.49. The third-order valence-electron chi connectivity index (χ3n) is 7.42. The Hall–Kier alpha value is -3.31. The first-order chi connectivity index (χ1) is 18.3. The number of aryl methyl sites for hydroxylation is 2. The van der Waals surface area contributed by atoms with Crippen molar-refractivity contribution in [1.82, 2.24) is 19.3 Å². The molecule has 38 heavy (non-hydrogen) atoms. The summed E-state index contributed by atoms with van der Waals surface area (Å²) in [5.41, 5.74) is 2.18. The van der Waals surface area contributed by atoms with E-state index in [4.69, 9.17) is 4.52 Å². The van der Waals surface area contributed by atoms with Crippen LogP contribution in [-0.4, -0.2) is 72.9 Å². The van der Waals surface area contributed by atoms with E-state index >= 15 is 0 Å². The quantitative estimate of drug-likeness (QED) is 0.471. The van der Waals surface area contributed by atoms with Gasteiger partial charge in [-0.2, -0.15) is 9.29 Å². The molecule has 0 spiro atoms. The van der Waals surface area contributed by atoms with E-state index in [-0.39, 0.29) is 22.5 Å². The molecule has 9 nitrogen and oxygen atoms in total. The first kappa shape index (κ1) is 26.3. The monoisotopic (exact) mass is 541 g/mol. The molecule has 3 heterocycles. The number of aromatic nitrogens is 2. The number of halogens is 1. The summed E-state index contributed by atoms with van der Waals surface area (Å²) in [4.78, 5) is 21.8. The number of hydrogen-bond donors (Lipinski definition) is 0. The topological polar surface area (TPSA) is 99.8 Å². The van der Waals surface area contributed by atoms with Crippen LogP contribution in [0, 0.1) is 18.7 Å². The molecule has 2 aromatic carbocycles. The number of sulfonamides is 1. The molecule has 11 heteroatoms. The Morgan fingerprint density at radius 3 is 2.34 bits per heavy atom. The van der Waals surface area contributed by atoms with Gasteiger partial charge in [0.05, 0.1) is 4.90 Å².